The normalized spacial score (nSPS) is 13.7. The summed E-state index contributed by atoms with van der Waals surface area (Å²) < 4.78 is 7.34. The third kappa shape index (κ3) is 4.46. The van der Waals surface area contributed by atoms with E-state index in [1.807, 2.05) is 53.5 Å². The first kappa shape index (κ1) is 22.1. The number of hydrogen-bond acceptors (Lipinski definition) is 6. The lowest BCUT2D eigenvalue weighted by atomic mass is 10.0. The number of nitrogens with one attached hydrogen (secondary N) is 2. The monoisotopic (exact) mass is 478 g/mol. The van der Waals surface area contributed by atoms with Gasteiger partial charge in [0, 0.05) is 59.6 Å². The fourth-order valence-corrected chi connectivity index (χ4v) is 4.60. The number of morpholine rings is 1. The molecule has 1 fully saturated rings. The minimum atomic E-state index is -0.189. The van der Waals surface area contributed by atoms with Crippen LogP contribution in [-0.2, 0) is 11.3 Å². The van der Waals surface area contributed by atoms with Crippen molar-refractivity contribution in [3.8, 4) is 11.1 Å². The highest BCUT2D eigenvalue weighted by Crippen LogP contribution is 2.31. The highest BCUT2D eigenvalue weighted by atomic mass is 16.5. The summed E-state index contributed by atoms with van der Waals surface area (Å²) in [6, 6.07) is 20.3. The van der Waals surface area contributed by atoms with E-state index < -0.39 is 0 Å². The smallest absolute Gasteiger partial charge is 0.259 e. The van der Waals surface area contributed by atoms with E-state index in [9.17, 15) is 4.79 Å². The molecule has 8 heteroatoms. The average molecular weight is 479 g/mol. The van der Waals surface area contributed by atoms with E-state index in [0.29, 0.717) is 17.7 Å². The summed E-state index contributed by atoms with van der Waals surface area (Å²) in [5.74, 6) is 0.520. The van der Waals surface area contributed by atoms with Gasteiger partial charge in [0.1, 0.15) is 5.82 Å². The van der Waals surface area contributed by atoms with Crippen LogP contribution in [0.3, 0.4) is 0 Å². The van der Waals surface area contributed by atoms with E-state index in [2.05, 4.69) is 49.5 Å². The molecule has 6 rings (SSSR count). The highest BCUT2D eigenvalue weighted by Gasteiger charge is 2.15. The summed E-state index contributed by atoms with van der Waals surface area (Å²) >= 11 is 0. The van der Waals surface area contributed by atoms with Gasteiger partial charge in [0.2, 0.25) is 0 Å². The molecule has 3 aromatic heterocycles. The predicted octanol–water partition coefficient (Wildman–Crippen LogP) is 4.42. The molecule has 1 aliphatic heterocycles. The molecule has 36 heavy (non-hydrogen) atoms. The van der Waals surface area contributed by atoms with E-state index in [4.69, 9.17) is 4.74 Å². The molecule has 0 bridgehead atoms. The van der Waals surface area contributed by atoms with Crippen molar-refractivity contribution in [3.63, 3.8) is 0 Å². The summed E-state index contributed by atoms with van der Waals surface area (Å²) in [4.78, 5) is 22.7. The molecule has 5 aromatic rings. The molecule has 180 valence electrons. The summed E-state index contributed by atoms with van der Waals surface area (Å²) in [6.07, 6.45) is 7.28. The van der Waals surface area contributed by atoms with Crippen molar-refractivity contribution in [1.29, 1.82) is 0 Å². The Hall–Kier alpha value is -4.43. The number of pyridine rings is 2. The van der Waals surface area contributed by atoms with Gasteiger partial charge in [-0.25, -0.2) is 4.98 Å². The second-order valence-corrected chi connectivity index (χ2v) is 8.80. The van der Waals surface area contributed by atoms with Crippen molar-refractivity contribution in [3.05, 3.63) is 101 Å². The second-order valence-electron chi connectivity index (χ2n) is 8.80. The van der Waals surface area contributed by atoms with Crippen molar-refractivity contribution in [2.24, 2.45) is 0 Å². The Morgan fingerprint density at radius 2 is 1.78 bits per heavy atom. The van der Waals surface area contributed by atoms with Gasteiger partial charge >= 0.3 is 0 Å². The molecule has 0 aliphatic carbocycles. The first-order valence-electron chi connectivity index (χ1n) is 12.0. The molecule has 0 radical (unpaired) electrons. The minimum absolute atomic E-state index is 0.189. The van der Waals surface area contributed by atoms with E-state index >= 15 is 0 Å². The van der Waals surface area contributed by atoms with E-state index in [1.165, 1.54) is 5.56 Å². The molecule has 0 saturated carbocycles. The predicted molar refractivity (Wildman–Crippen MR) is 142 cm³/mol. The zero-order chi connectivity index (χ0) is 24.3. The zero-order valence-corrected chi connectivity index (χ0v) is 19.7. The molecule has 4 heterocycles. The van der Waals surface area contributed by atoms with E-state index in [1.54, 1.807) is 12.4 Å². The quantitative estimate of drug-likeness (QED) is 0.376. The topological polar surface area (TPSA) is 88.1 Å². The third-order valence-electron chi connectivity index (χ3n) is 6.45. The van der Waals surface area contributed by atoms with E-state index in [-0.39, 0.29) is 5.56 Å². The number of aromatic nitrogens is 4. The Morgan fingerprint density at radius 3 is 2.58 bits per heavy atom. The SMILES string of the molecule is O=c1[nH]ccc2c(-c3cnn(Cc4ccccc4)c3)cnc(Nc3ccc(N4CCOCC4)cc3)c12. The number of benzene rings is 2. The van der Waals surface area contributed by atoms with Crippen molar-refractivity contribution in [1.82, 2.24) is 19.7 Å². The number of hydrogen-bond donors (Lipinski definition) is 2. The summed E-state index contributed by atoms with van der Waals surface area (Å²) in [5.41, 5.74) is 4.78. The van der Waals surface area contributed by atoms with Crippen LogP contribution in [0.25, 0.3) is 21.9 Å². The molecule has 2 N–H and O–H groups in total. The number of anilines is 3. The minimum Gasteiger partial charge on any atom is -0.378 e. The second kappa shape index (κ2) is 9.67. The Morgan fingerprint density at radius 1 is 0.972 bits per heavy atom. The van der Waals surface area contributed by atoms with Crippen LogP contribution in [0.4, 0.5) is 17.2 Å². The van der Waals surface area contributed by atoms with Gasteiger partial charge in [-0.1, -0.05) is 30.3 Å². The van der Waals surface area contributed by atoms with Gasteiger partial charge in [0.25, 0.3) is 5.56 Å². The number of aromatic amines is 1. The maximum Gasteiger partial charge on any atom is 0.259 e. The van der Waals surface area contributed by atoms with Gasteiger partial charge < -0.3 is 19.9 Å². The number of nitrogens with zero attached hydrogens (tertiary/aromatic N) is 4. The fourth-order valence-electron chi connectivity index (χ4n) is 4.60. The van der Waals surface area contributed by atoms with Gasteiger partial charge in [-0.15, -0.1) is 0 Å². The standard InChI is InChI=1S/C28H26N6O2/c35-28-26-24(10-11-29-28)25(21-16-31-34(19-21)18-20-4-2-1-3-5-20)17-30-27(26)32-22-6-8-23(9-7-22)33-12-14-36-15-13-33/h1-11,16-17,19H,12-15,18H2,(H,29,35)(H,30,32). The van der Waals surface area contributed by atoms with Crippen LogP contribution in [0.15, 0.2) is 90.2 Å². The lowest BCUT2D eigenvalue weighted by Crippen LogP contribution is -2.36. The van der Waals surface area contributed by atoms with Gasteiger partial charge in [-0.05, 0) is 35.9 Å². The maximum absolute atomic E-state index is 12.9. The molecule has 2 aromatic carbocycles. The largest absolute Gasteiger partial charge is 0.378 e. The zero-order valence-electron chi connectivity index (χ0n) is 19.7. The Bertz CT molecular complexity index is 1540. The fraction of sp³-hybridized carbons (Fsp3) is 0.179. The first-order valence-corrected chi connectivity index (χ1v) is 12.0. The van der Waals surface area contributed by atoms with Gasteiger partial charge in [0.15, 0.2) is 0 Å². The number of ether oxygens (including phenoxy) is 1. The van der Waals surface area contributed by atoms with Crippen LogP contribution in [0.5, 0.6) is 0 Å². The van der Waals surface area contributed by atoms with Crippen LogP contribution in [-0.4, -0.2) is 46.1 Å². The van der Waals surface area contributed by atoms with Crippen LogP contribution in [0, 0.1) is 0 Å². The van der Waals surface area contributed by atoms with Gasteiger partial charge in [-0.3, -0.25) is 9.48 Å². The lowest BCUT2D eigenvalue weighted by molar-refractivity contribution is 0.122. The number of fused-ring (bicyclic) bond motifs is 1. The summed E-state index contributed by atoms with van der Waals surface area (Å²) in [6.45, 7) is 3.94. The Kier molecular flexibility index (Phi) is 5.93. The highest BCUT2D eigenvalue weighted by molar-refractivity contribution is 6.01. The molecular formula is C28H26N6O2. The number of H-pyrrole nitrogens is 1. The van der Waals surface area contributed by atoms with Crippen LogP contribution in [0.1, 0.15) is 5.56 Å². The molecule has 0 unspecified atom stereocenters. The van der Waals surface area contributed by atoms with Gasteiger partial charge in [-0.2, -0.15) is 5.10 Å². The third-order valence-corrected chi connectivity index (χ3v) is 6.45. The van der Waals surface area contributed by atoms with Crippen LogP contribution >= 0.6 is 0 Å². The van der Waals surface area contributed by atoms with Crippen molar-refractivity contribution < 1.29 is 4.74 Å². The lowest BCUT2D eigenvalue weighted by Gasteiger charge is -2.28. The molecule has 8 nitrogen and oxygen atoms in total. The Labute approximate surface area is 208 Å². The maximum atomic E-state index is 12.9. The van der Waals surface area contributed by atoms with Crippen molar-refractivity contribution in [2.75, 3.05) is 36.5 Å². The van der Waals surface area contributed by atoms with Crippen molar-refractivity contribution in [2.45, 2.75) is 6.54 Å². The molecule has 0 spiro atoms. The first-order chi connectivity index (χ1) is 17.7. The van der Waals surface area contributed by atoms with E-state index in [0.717, 1.165) is 54.2 Å². The number of rotatable bonds is 6. The Balaban J connectivity index is 1.30. The molecular weight excluding hydrogens is 452 g/mol. The molecule has 1 aliphatic rings. The molecule has 0 atom stereocenters. The molecule has 1 saturated heterocycles. The summed E-state index contributed by atoms with van der Waals surface area (Å²) in [7, 11) is 0. The van der Waals surface area contributed by atoms with Gasteiger partial charge in [0.05, 0.1) is 31.3 Å². The molecule has 0 amide bonds. The average Bonchev–Trinajstić information content (AvgIpc) is 3.38. The summed E-state index contributed by atoms with van der Waals surface area (Å²) in [5, 5.41) is 9.21. The van der Waals surface area contributed by atoms with Crippen LogP contribution in [0.2, 0.25) is 0 Å². The van der Waals surface area contributed by atoms with Crippen LogP contribution < -0.4 is 15.8 Å². The van der Waals surface area contributed by atoms with Crippen molar-refractivity contribution >= 4 is 28.0 Å².